The first-order valence-corrected chi connectivity index (χ1v) is 41.8. The number of nitrogens with one attached hydrogen (secondary N) is 4. The highest BCUT2D eigenvalue weighted by Crippen LogP contribution is 2.47. The first-order chi connectivity index (χ1) is 51.8. The summed E-state index contributed by atoms with van der Waals surface area (Å²) in [7, 11) is 10.6. The molecule has 30 heteroatoms. The van der Waals surface area contributed by atoms with Gasteiger partial charge in [-0.2, -0.15) is 0 Å². The number of hydrogen-bond donors (Lipinski definition) is 14. The first-order valence-electron chi connectivity index (χ1n) is 41.8. The molecule has 0 spiro atoms. The molecular weight excluding hydrogens is 1450 g/mol. The van der Waals surface area contributed by atoms with Crippen LogP contribution in [0.1, 0.15) is 217 Å². The highest BCUT2D eigenvalue weighted by atomic mass is 16.7. The zero-order chi connectivity index (χ0) is 85.1. The minimum Gasteiger partial charge on any atom is -0.459 e. The van der Waals surface area contributed by atoms with E-state index in [1.165, 1.54) is 28.1 Å². The normalized spacial score (nSPS) is 46.6. The van der Waals surface area contributed by atoms with Crippen molar-refractivity contribution in [3.63, 3.8) is 0 Å². The van der Waals surface area contributed by atoms with Crippen LogP contribution in [-0.4, -0.2) is 334 Å². The van der Waals surface area contributed by atoms with Crippen LogP contribution in [0.4, 0.5) is 0 Å². The van der Waals surface area contributed by atoms with Crippen molar-refractivity contribution in [3.05, 3.63) is 0 Å². The molecular formula is C82H158N6O24. The average molecular weight is 1610 g/mol. The molecule has 14 N–H and O–H groups in total. The maximum atomic E-state index is 14.5. The van der Waals surface area contributed by atoms with Gasteiger partial charge < -0.3 is 139 Å². The van der Waals surface area contributed by atoms with Crippen LogP contribution in [0, 0.1) is 35.5 Å². The molecule has 6 aliphatic heterocycles. The van der Waals surface area contributed by atoms with Crippen LogP contribution in [0.25, 0.3) is 0 Å². The van der Waals surface area contributed by atoms with Gasteiger partial charge in [-0.15, -0.1) is 0 Å². The SMILES string of the molecule is CCCNC[C@]1(O)[C@H](C)O[C@@H](O[C@H]2[C@H](C)[C@@H](OC3O[C@H](C)C[C@H](N(C)C)[C@H]3O)[C@](C)(O)C[C@@H](C)CN[C@H](C)C([C@](C)(O)[C@H](O)CC)OC(=O)[C@@H]2C)C[C@@]1(C)OC.CCCNC[C@]1(O)[C@H](C)O[C@@H](O[C@H]2[C@H](C)[C@@H](OC3O[C@H](C)C[C@H](N(C)C)[C@H]3O)[C@](C)(O)C[C@@H](C)CN[C@H](C)[C@@H](O)[C@](C)(O)[C@@H](CC)OC(=O)[C@@H]2C)C[C@@]1(C)OC. The number of methoxy groups -OCH3 is 2. The van der Waals surface area contributed by atoms with Gasteiger partial charge in [-0.1, -0.05) is 55.4 Å². The lowest BCUT2D eigenvalue weighted by Crippen LogP contribution is -2.70. The third kappa shape index (κ3) is 23.7. The first kappa shape index (κ1) is 100. The highest BCUT2D eigenvalue weighted by Gasteiger charge is 2.61. The Morgan fingerprint density at radius 1 is 0.562 bits per heavy atom. The lowest BCUT2D eigenvalue weighted by molar-refractivity contribution is -0.336. The van der Waals surface area contributed by atoms with Crippen LogP contribution in [0.5, 0.6) is 0 Å². The van der Waals surface area contributed by atoms with Gasteiger partial charge in [-0.25, -0.2) is 0 Å². The molecule has 112 heavy (non-hydrogen) atoms. The fraction of sp³-hybridized carbons (Fsp3) is 0.976. The van der Waals surface area contributed by atoms with Crippen molar-refractivity contribution in [2.24, 2.45) is 35.5 Å². The van der Waals surface area contributed by atoms with Crippen LogP contribution in [0.3, 0.4) is 0 Å². The molecule has 36 atom stereocenters. The number of cyclic esters (lactones) is 2. The molecule has 0 aromatic carbocycles. The molecule has 6 heterocycles. The maximum Gasteiger partial charge on any atom is 0.311 e. The third-order valence-corrected chi connectivity index (χ3v) is 26.0. The van der Waals surface area contributed by atoms with Gasteiger partial charge in [-0.3, -0.25) is 9.59 Å². The Hall–Kier alpha value is -2.10. The van der Waals surface area contributed by atoms with E-state index in [4.69, 9.17) is 56.8 Å². The predicted molar refractivity (Wildman–Crippen MR) is 423 cm³/mol. The van der Waals surface area contributed by atoms with Gasteiger partial charge in [0.05, 0.1) is 78.0 Å². The number of carbonyl (C=O) groups is 2. The second-order valence-electron chi connectivity index (χ2n) is 36.4. The third-order valence-electron chi connectivity index (χ3n) is 26.0. The van der Waals surface area contributed by atoms with Crippen molar-refractivity contribution in [1.82, 2.24) is 31.1 Å². The number of hydrogen-bond acceptors (Lipinski definition) is 30. The molecule has 0 amide bonds. The quantitative estimate of drug-likeness (QED) is 0.0482. The van der Waals surface area contributed by atoms with Crippen molar-refractivity contribution in [3.8, 4) is 0 Å². The molecule has 6 fully saturated rings. The van der Waals surface area contributed by atoms with Gasteiger partial charge in [0.1, 0.15) is 64.1 Å². The molecule has 0 radical (unpaired) electrons. The molecule has 0 aromatic rings. The van der Waals surface area contributed by atoms with E-state index in [2.05, 4.69) is 21.3 Å². The minimum atomic E-state index is -1.81. The molecule has 30 nitrogen and oxygen atoms in total. The van der Waals surface area contributed by atoms with Crippen molar-refractivity contribution in [2.75, 3.05) is 81.7 Å². The fourth-order valence-electron chi connectivity index (χ4n) is 18.4. The van der Waals surface area contributed by atoms with E-state index < -0.39 is 191 Å². The molecule has 0 bridgehead atoms. The summed E-state index contributed by atoms with van der Waals surface area (Å²) in [5, 5.41) is 131. The minimum absolute atomic E-state index is 0.0928. The monoisotopic (exact) mass is 1610 g/mol. The van der Waals surface area contributed by atoms with Gasteiger partial charge in [0.2, 0.25) is 0 Å². The summed E-state index contributed by atoms with van der Waals surface area (Å²) in [6.07, 6.45) is -13.3. The second-order valence-corrected chi connectivity index (χ2v) is 36.4. The zero-order valence-corrected chi connectivity index (χ0v) is 73.6. The van der Waals surface area contributed by atoms with Crippen molar-refractivity contribution in [2.45, 2.75) is 396 Å². The van der Waals surface area contributed by atoms with Crippen LogP contribution in [0.2, 0.25) is 0 Å². The number of nitrogens with zero attached hydrogens (tertiary/aromatic N) is 2. The van der Waals surface area contributed by atoms with E-state index >= 15 is 0 Å². The van der Waals surface area contributed by atoms with E-state index in [1.807, 2.05) is 107 Å². The number of rotatable bonds is 24. The number of aliphatic hydroxyl groups is 10. The zero-order valence-electron chi connectivity index (χ0n) is 73.6. The number of aliphatic hydroxyl groups excluding tert-OH is 4. The van der Waals surface area contributed by atoms with Crippen molar-refractivity contribution >= 4 is 11.9 Å². The van der Waals surface area contributed by atoms with Crippen molar-refractivity contribution < 1.29 is 117 Å². The Morgan fingerprint density at radius 2 is 0.938 bits per heavy atom. The fourth-order valence-corrected chi connectivity index (χ4v) is 18.4. The number of likely N-dealkylation sites (N-methyl/N-ethyl adjacent to an activating group) is 2. The van der Waals surface area contributed by atoms with E-state index in [9.17, 15) is 60.7 Å². The lowest BCUT2D eigenvalue weighted by atomic mass is 9.75. The van der Waals surface area contributed by atoms with E-state index in [0.717, 1.165) is 12.8 Å². The summed E-state index contributed by atoms with van der Waals surface area (Å²) in [5.74, 6) is -5.34. The van der Waals surface area contributed by atoms with E-state index in [-0.39, 0.29) is 87.7 Å². The Morgan fingerprint density at radius 3 is 1.29 bits per heavy atom. The van der Waals surface area contributed by atoms with Gasteiger partial charge in [0, 0.05) is 76.2 Å². The van der Waals surface area contributed by atoms with E-state index in [0.29, 0.717) is 39.0 Å². The van der Waals surface area contributed by atoms with Crippen LogP contribution < -0.4 is 21.3 Å². The van der Waals surface area contributed by atoms with Gasteiger partial charge in [0.15, 0.2) is 25.2 Å². The van der Waals surface area contributed by atoms with Gasteiger partial charge in [0.25, 0.3) is 0 Å². The Labute approximate surface area is 671 Å². The van der Waals surface area contributed by atoms with Crippen molar-refractivity contribution in [1.29, 1.82) is 0 Å². The molecule has 3 unspecified atom stereocenters. The summed E-state index contributed by atoms with van der Waals surface area (Å²) in [6, 6.07) is -1.75. The Kier molecular flexibility index (Phi) is 37.6. The number of esters is 2. The summed E-state index contributed by atoms with van der Waals surface area (Å²) in [5.41, 5.74) is -11.9. The second kappa shape index (κ2) is 41.9. The molecule has 6 rings (SSSR count). The Balaban J connectivity index is 0.000000400. The molecule has 6 saturated heterocycles. The molecule has 0 aliphatic carbocycles. The maximum absolute atomic E-state index is 14.5. The molecule has 6 aliphatic rings. The van der Waals surface area contributed by atoms with Gasteiger partial charge >= 0.3 is 11.9 Å². The van der Waals surface area contributed by atoms with Gasteiger partial charge in [-0.05, 0) is 215 Å². The Bertz CT molecular complexity index is 2820. The number of ether oxygens (including phenoxy) is 12. The van der Waals surface area contributed by atoms with Crippen LogP contribution in [-0.2, 0) is 66.4 Å². The van der Waals surface area contributed by atoms with Crippen LogP contribution >= 0.6 is 0 Å². The van der Waals surface area contributed by atoms with Crippen LogP contribution in [0.15, 0.2) is 0 Å². The number of carbonyl (C=O) groups excluding carboxylic acids is 2. The molecule has 0 saturated carbocycles. The lowest BCUT2D eigenvalue weighted by Gasteiger charge is -2.53. The average Bonchev–Trinajstić information content (AvgIpc) is 0.760. The topological polar surface area (TPSA) is 402 Å². The van der Waals surface area contributed by atoms with E-state index in [1.54, 1.807) is 69.2 Å². The largest absolute Gasteiger partial charge is 0.459 e. The summed E-state index contributed by atoms with van der Waals surface area (Å²) in [4.78, 5) is 32.6. The summed E-state index contributed by atoms with van der Waals surface area (Å²) < 4.78 is 76.7. The summed E-state index contributed by atoms with van der Waals surface area (Å²) in [6.45, 7) is 41.8. The molecule has 660 valence electrons. The predicted octanol–water partition coefficient (Wildman–Crippen LogP) is 3.86. The standard InChI is InChI=1S/2C41H79N3O12/c1-15-17-42-22-41(50)28(8)53-31(20-39(41,10)51-14)55-33-25(5)35(56-37-32(45)29(44(12)13)18-24(4)52-37)38(9,48)19-23(3)21-43-27(7)34(46)40(11,49)30(16-2)54-36(47)26(33)6;1-15-17-42-22-41(50)28(8)53-31(20-39(41,10)51-14)54-33-25(5)34(56-37-32(46)29(44(12)13)18-24(4)52-37)38(9,48)19-23(3)21-43-27(7)35(55-36(47)26(33)6)40(11,49)30(45)16-2/h2*23-35,37,42-43,45-46,48-50H,15-22H2,1-14H3/t23-,24-,25+,26-,27-,28+,29+,30-,31+,32-,33+,34-,35-,37?,38-,39-,40-,41+;23-,24-,25+,26-,27-,28+,29+,30-,31+,32-,33+,34-,35?,37?,38-,39-,40-,41+/m11/s1. The highest BCUT2D eigenvalue weighted by molar-refractivity contribution is 5.73. The molecule has 0 aromatic heterocycles. The summed E-state index contributed by atoms with van der Waals surface area (Å²) >= 11 is 0. The smallest absolute Gasteiger partial charge is 0.311 e.